The lowest BCUT2D eigenvalue weighted by Gasteiger charge is -2.30. The van der Waals surface area contributed by atoms with Gasteiger partial charge in [-0.1, -0.05) is 43.7 Å². The van der Waals surface area contributed by atoms with Crippen molar-refractivity contribution < 1.29 is 8.42 Å². The van der Waals surface area contributed by atoms with Gasteiger partial charge in [0, 0.05) is 19.0 Å². The van der Waals surface area contributed by atoms with Crippen LogP contribution in [0, 0.1) is 6.92 Å². The van der Waals surface area contributed by atoms with Gasteiger partial charge in [-0.3, -0.25) is 0 Å². The lowest BCUT2D eigenvalue weighted by molar-refractivity contribution is 0.371. The molecule has 0 saturated carbocycles. The Kier molecular flexibility index (Phi) is 4.77. The van der Waals surface area contributed by atoms with Crippen molar-refractivity contribution in [2.24, 2.45) is 0 Å². The van der Waals surface area contributed by atoms with Crippen LogP contribution in [0.5, 0.6) is 0 Å². The van der Waals surface area contributed by atoms with E-state index in [2.05, 4.69) is 4.98 Å². The quantitative estimate of drug-likeness (QED) is 0.912. The number of aryl methyl sites for hydroxylation is 1. The predicted octanol–water partition coefficient (Wildman–Crippen LogP) is 2.57. The molecule has 0 fully saturated rings. The fourth-order valence-electron chi connectivity index (χ4n) is 2.44. The Balaban J connectivity index is 2.24. The third-order valence-electron chi connectivity index (χ3n) is 3.88. The summed E-state index contributed by atoms with van der Waals surface area (Å²) in [5.74, 6) is 0. The number of benzene rings is 1. The van der Waals surface area contributed by atoms with Gasteiger partial charge in [-0.15, -0.1) is 0 Å². The minimum absolute atomic E-state index is 0.00825. The van der Waals surface area contributed by atoms with Crippen molar-refractivity contribution in [1.82, 2.24) is 9.29 Å². The van der Waals surface area contributed by atoms with Gasteiger partial charge in [0.2, 0.25) is 0 Å². The monoisotopic (exact) mass is 333 g/mol. The molecule has 0 aliphatic carbocycles. The van der Waals surface area contributed by atoms with Crippen LogP contribution in [0.4, 0.5) is 5.69 Å². The molecule has 124 valence electrons. The summed E-state index contributed by atoms with van der Waals surface area (Å²) in [6, 6.07) is 11.1. The molecule has 1 aromatic carbocycles. The van der Waals surface area contributed by atoms with E-state index >= 15 is 0 Å². The van der Waals surface area contributed by atoms with Crippen molar-refractivity contribution in [3.05, 3.63) is 53.7 Å². The van der Waals surface area contributed by atoms with E-state index in [0.29, 0.717) is 12.2 Å². The molecule has 2 aromatic rings. The molecule has 1 aromatic heterocycles. The molecular weight excluding hydrogens is 310 g/mol. The van der Waals surface area contributed by atoms with Crippen molar-refractivity contribution in [1.29, 1.82) is 0 Å². The highest BCUT2D eigenvalue weighted by molar-refractivity contribution is 7.89. The molecule has 2 N–H and O–H groups in total. The molecule has 23 heavy (non-hydrogen) atoms. The van der Waals surface area contributed by atoms with Crippen molar-refractivity contribution in [2.75, 3.05) is 19.3 Å². The molecule has 0 atom stereocenters. The summed E-state index contributed by atoms with van der Waals surface area (Å²) >= 11 is 0. The molecule has 0 saturated heterocycles. The Bertz CT molecular complexity index is 766. The van der Waals surface area contributed by atoms with E-state index in [0.717, 1.165) is 5.56 Å². The van der Waals surface area contributed by atoms with Gasteiger partial charge < -0.3 is 5.73 Å². The zero-order chi connectivity index (χ0) is 17.3. The van der Waals surface area contributed by atoms with Gasteiger partial charge in [0.25, 0.3) is 10.0 Å². The van der Waals surface area contributed by atoms with Crippen LogP contribution in [0.2, 0.25) is 0 Å². The molecule has 0 aliphatic rings. The van der Waals surface area contributed by atoms with E-state index in [-0.39, 0.29) is 10.4 Å². The summed E-state index contributed by atoms with van der Waals surface area (Å²) in [5, 5.41) is 0.00825. The molecule has 0 radical (unpaired) electrons. The normalized spacial score (nSPS) is 12.6. The standard InChI is InChI=1S/C17H23N3O2S/c1-13-5-7-14(8-6-13)17(2,3)12-20(4)23(21,22)16-10-9-15(18)11-19-16/h5-11H,12,18H2,1-4H3. The molecule has 1 heterocycles. The molecular formula is C17H23N3O2S. The maximum atomic E-state index is 12.6. The van der Waals surface area contributed by atoms with Crippen molar-refractivity contribution in [3.63, 3.8) is 0 Å². The lowest BCUT2D eigenvalue weighted by atomic mass is 9.84. The number of nitrogen functional groups attached to an aromatic ring is 1. The molecule has 0 spiro atoms. The van der Waals surface area contributed by atoms with Crippen LogP contribution in [0.15, 0.2) is 47.6 Å². The number of hydrogen-bond donors (Lipinski definition) is 1. The first-order chi connectivity index (χ1) is 10.6. The molecule has 0 aliphatic heterocycles. The van der Waals surface area contributed by atoms with Gasteiger partial charge in [0.1, 0.15) is 0 Å². The van der Waals surface area contributed by atoms with Crippen LogP contribution in [-0.2, 0) is 15.4 Å². The van der Waals surface area contributed by atoms with E-state index in [4.69, 9.17) is 5.73 Å². The number of likely N-dealkylation sites (N-methyl/N-ethyl adjacent to an activating group) is 1. The van der Waals surface area contributed by atoms with Crippen LogP contribution in [-0.4, -0.2) is 31.3 Å². The maximum absolute atomic E-state index is 12.6. The number of sulfonamides is 1. The first-order valence-electron chi connectivity index (χ1n) is 7.38. The summed E-state index contributed by atoms with van der Waals surface area (Å²) in [4.78, 5) is 3.93. The average Bonchev–Trinajstić information content (AvgIpc) is 2.47. The zero-order valence-corrected chi connectivity index (χ0v) is 14.8. The number of rotatable bonds is 5. The Hall–Kier alpha value is -1.92. The van der Waals surface area contributed by atoms with Crippen molar-refractivity contribution in [3.8, 4) is 0 Å². The van der Waals surface area contributed by atoms with Crippen molar-refractivity contribution in [2.45, 2.75) is 31.2 Å². The van der Waals surface area contributed by atoms with Crippen LogP contribution in [0.1, 0.15) is 25.0 Å². The highest BCUT2D eigenvalue weighted by atomic mass is 32.2. The highest BCUT2D eigenvalue weighted by Gasteiger charge is 2.30. The fourth-order valence-corrected chi connectivity index (χ4v) is 3.68. The Morgan fingerprint density at radius 1 is 1.13 bits per heavy atom. The van der Waals surface area contributed by atoms with E-state index in [9.17, 15) is 8.42 Å². The van der Waals surface area contributed by atoms with E-state index in [1.165, 1.54) is 22.1 Å². The average molecular weight is 333 g/mol. The van der Waals surface area contributed by atoms with E-state index < -0.39 is 10.0 Å². The van der Waals surface area contributed by atoms with Crippen LogP contribution < -0.4 is 5.73 Å². The first-order valence-corrected chi connectivity index (χ1v) is 8.82. The Morgan fingerprint density at radius 3 is 2.26 bits per heavy atom. The number of anilines is 1. The molecule has 0 bridgehead atoms. The summed E-state index contributed by atoms with van der Waals surface area (Å²) in [5.41, 5.74) is 7.96. The van der Waals surface area contributed by atoms with Gasteiger partial charge >= 0.3 is 0 Å². The molecule has 0 amide bonds. The van der Waals surface area contributed by atoms with Gasteiger partial charge in [-0.2, -0.15) is 4.31 Å². The SMILES string of the molecule is Cc1ccc(C(C)(C)CN(C)S(=O)(=O)c2ccc(N)cn2)cc1. The fraction of sp³-hybridized carbons (Fsp3) is 0.353. The third-order valence-corrected chi connectivity index (χ3v) is 5.60. The molecule has 5 nitrogen and oxygen atoms in total. The maximum Gasteiger partial charge on any atom is 0.260 e. The van der Waals surface area contributed by atoms with Crippen molar-refractivity contribution >= 4 is 15.7 Å². The van der Waals surface area contributed by atoms with Crippen LogP contribution in [0.3, 0.4) is 0 Å². The second-order valence-corrected chi connectivity index (χ2v) is 8.43. The number of hydrogen-bond acceptors (Lipinski definition) is 4. The molecule has 0 unspecified atom stereocenters. The van der Waals surface area contributed by atoms with Gasteiger partial charge in [-0.25, -0.2) is 13.4 Å². The smallest absolute Gasteiger partial charge is 0.260 e. The van der Waals surface area contributed by atoms with Gasteiger partial charge in [0.05, 0.1) is 11.9 Å². The Labute approximate surface area is 138 Å². The van der Waals surface area contributed by atoms with Crippen LogP contribution in [0.25, 0.3) is 0 Å². The minimum Gasteiger partial charge on any atom is -0.397 e. The summed E-state index contributed by atoms with van der Waals surface area (Å²) in [7, 11) is -2.07. The predicted molar refractivity (Wildman–Crippen MR) is 92.7 cm³/mol. The number of aromatic nitrogens is 1. The summed E-state index contributed by atoms with van der Waals surface area (Å²) in [6.07, 6.45) is 1.35. The first kappa shape index (κ1) is 17.4. The minimum atomic E-state index is -3.64. The van der Waals surface area contributed by atoms with Crippen LogP contribution >= 0.6 is 0 Å². The zero-order valence-electron chi connectivity index (χ0n) is 13.9. The summed E-state index contributed by atoms with van der Waals surface area (Å²) < 4.78 is 26.6. The lowest BCUT2D eigenvalue weighted by Crippen LogP contribution is -2.38. The molecule has 2 rings (SSSR count). The number of nitrogens with two attached hydrogens (primary N) is 1. The highest BCUT2D eigenvalue weighted by Crippen LogP contribution is 2.26. The summed E-state index contributed by atoms with van der Waals surface area (Å²) in [6.45, 7) is 6.44. The van der Waals surface area contributed by atoms with Gasteiger partial charge in [-0.05, 0) is 24.6 Å². The Morgan fingerprint density at radius 2 is 1.74 bits per heavy atom. The van der Waals surface area contributed by atoms with Gasteiger partial charge in [0.15, 0.2) is 5.03 Å². The topological polar surface area (TPSA) is 76.3 Å². The third kappa shape index (κ3) is 3.89. The van der Waals surface area contributed by atoms with E-state index in [1.807, 2.05) is 45.0 Å². The number of nitrogens with zero attached hydrogens (tertiary/aromatic N) is 2. The largest absolute Gasteiger partial charge is 0.397 e. The second kappa shape index (κ2) is 6.29. The second-order valence-electron chi connectivity index (χ2n) is 6.44. The van der Waals surface area contributed by atoms with E-state index in [1.54, 1.807) is 13.1 Å². The number of pyridine rings is 1. The molecule has 6 heteroatoms.